The second kappa shape index (κ2) is 7.01. The fraction of sp³-hybridized carbons (Fsp3) is 0.385. The van der Waals surface area contributed by atoms with Crippen LogP contribution in [0.2, 0.25) is 0 Å². The van der Waals surface area contributed by atoms with Gasteiger partial charge in [0.1, 0.15) is 5.75 Å². The number of nitrogens with two attached hydrogens (primary N) is 1. The van der Waals surface area contributed by atoms with Gasteiger partial charge in [-0.2, -0.15) is 0 Å². The topological polar surface area (TPSA) is 35.2 Å². The highest BCUT2D eigenvalue weighted by molar-refractivity contribution is 5.27. The van der Waals surface area contributed by atoms with E-state index >= 15 is 0 Å². The first-order chi connectivity index (χ1) is 7.80. The van der Waals surface area contributed by atoms with Crippen LogP contribution in [0, 0.1) is 0 Å². The van der Waals surface area contributed by atoms with E-state index in [-0.39, 0.29) is 6.54 Å². The molecule has 0 atom stereocenters. The highest BCUT2D eigenvalue weighted by Crippen LogP contribution is 2.14. The van der Waals surface area contributed by atoms with Gasteiger partial charge < -0.3 is 10.5 Å². The van der Waals surface area contributed by atoms with Gasteiger partial charge >= 0.3 is 0 Å². The predicted octanol–water partition coefficient (Wildman–Crippen LogP) is 2.83. The summed E-state index contributed by atoms with van der Waals surface area (Å²) in [5.74, 6) is 0.867. The first-order valence-electron chi connectivity index (χ1n) is 5.50. The van der Waals surface area contributed by atoms with Crippen molar-refractivity contribution < 1.29 is 9.13 Å². The molecule has 16 heavy (non-hydrogen) atoms. The summed E-state index contributed by atoms with van der Waals surface area (Å²) in [6, 6.07) is 7.86. The Morgan fingerprint density at radius 2 is 2.06 bits per heavy atom. The Kier molecular flexibility index (Phi) is 5.57. The zero-order chi connectivity index (χ0) is 11.8. The molecule has 0 saturated carbocycles. The lowest BCUT2D eigenvalue weighted by molar-refractivity contribution is 0.340. The van der Waals surface area contributed by atoms with Gasteiger partial charge in [0.15, 0.2) is 0 Å². The molecular weight excluding hydrogens is 205 g/mol. The number of ether oxygens (including phenoxy) is 1. The first-order valence-corrected chi connectivity index (χ1v) is 5.50. The van der Waals surface area contributed by atoms with Crippen LogP contribution < -0.4 is 10.5 Å². The summed E-state index contributed by atoms with van der Waals surface area (Å²) in [6.45, 7) is 2.91. The molecule has 0 aromatic heterocycles. The van der Waals surface area contributed by atoms with Crippen LogP contribution >= 0.6 is 0 Å². The van der Waals surface area contributed by atoms with Crippen LogP contribution in [0.15, 0.2) is 36.2 Å². The van der Waals surface area contributed by atoms with Gasteiger partial charge in [0.2, 0.25) is 0 Å². The van der Waals surface area contributed by atoms with Gasteiger partial charge in [-0.05, 0) is 43.0 Å². The molecule has 0 spiro atoms. The van der Waals surface area contributed by atoms with E-state index < -0.39 is 0 Å². The third-order valence-electron chi connectivity index (χ3n) is 2.39. The van der Waals surface area contributed by atoms with Crippen molar-refractivity contribution >= 4 is 0 Å². The van der Waals surface area contributed by atoms with Crippen LogP contribution in [0.3, 0.4) is 0 Å². The minimum absolute atomic E-state index is 0.285. The Balaban J connectivity index is 2.49. The van der Waals surface area contributed by atoms with E-state index in [2.05, 4.69) is 0 Å². The first kappa shape index (κ1) is 12.7. The van der Waals surface area contributed by atoms with Crippen molar-refractivity contribution in [1.82, 2.24) is 0 Å². The fourth-order valence-corrected chi connectivity index (χ4v) is 1.43. The van der Waals surface area contributed by atoms with Crippen molar-refractivity contribution in [3.8, 4) is 5.75 Å². The molecule has 0 saturated heterocycles. The summed E-state index contributed by atoms with van der Waals surface area (Å²) in [4.78, 5) is 0. The molecular formula is C13H18FNO. The largest absolute Gasteiger partial charge is 0.494 e. The molecule has 0 aliphatic heterocycles. The molecule has 0 radical (unpaired) electrons. The van der Waals surface area contributed by atoms with Crippen LogP contribution in [0.5, 0.6) is 5.75 Å². The molecule has 1 aromatic rings. The molecule has 3 heteroatoms. The number of halogens is 1. The Morgan fingerprint density at radius 1 is 1.38 bits per heavy atom. The molecule has 88 valence electrons. The molecule has 2 N–H and O–H groups in total. The van der Waals surface area contributed by atoms with Gasteiger partial charge in [0.25, 0.3) is 0 Å². The Labute approximate surface area is 95.9 Å². The van der Waals surface area contributed by atoms with E-state index in [9.17, 15) is 4.39 Å². The second-order valence-corrected chi connectivity index (χ2v) is 3.55. The quantitative estimate of drug-likeness (QED) is 0.804. The van der Waals surface area contributed by atoms with Crippen LogP contribution in [0.25, 0.3) is 0 Å². The lowest BCUT2D eigenvalue weighted by Gasteiger charge is -2.05. The Bertz CT molecular complexity index is 332. The van der Waals surface area contributed by atoms with Crippen molar-refractivity contribution in [3.05, 3.63) is 41.7 Å². The molecule has 1 aromatic carbocycles. The van der Waals surface area contributed by atoms with Crippen molar-refractivity contribution in [3.63, 3.8) is 0 Å². The number of hydrogen-bond acceptors (Lipinski definition) is 2. The van der Waals surface area contributed by atoms with Gasteiger partial charge in [-0.1, -0.05) is 12.1 Å². The normalized spacial score (nSPS) is 11.6. The van der Waals surface area contributed by atoms with Gasteiger partial charge in [-0.25, -0.2) is 4.39 Å². The lowest BCUT2D eigenvalue weighted by Crippen LogP contribution is -2.03. The Hall–Kier alpha value is -1.35. The van der Waals surface area contributed by atoms with E-state index in [4.69, 9.17) is 10.5 Å². The molecule has 1 rings (SSSR count). The molecule has 2 nitrogen and oxygen atoms in total. The SMILES string of the molecule is CCOc1ccc(CC/C(=C/F)CN)cc1. The van der Waals surface area contributed by atoms with Crippen molar-refractivity contribution in [1.29, 1.82) is 0 Å². The van der Waals surface area contributed by atoms with Crippen LogP contribution in [-0.2, 0) is 6.42 Å². The monoisotopic (exact) mass is 223 g/mol. The summed E-state index contributed by atoms with van der Waals surface area (Å²) >= 11 is 0. The average molecular weight is 223 g/mol. The van der Waals surface area contributed by atoms with Crippen molar-refractivity contribution in [2.45, 2.75) is 19.8 Å². The summed E-state index contributed by atoms with van der Waals surface area (Å²) in [6.07, 6.45) is 2.08. The second-order valence-electron chi connectivity index (χ2n) is 3.55. The fourth-order valence-electron chi connectivity index (χ4n) is 1.43. The summed E-state index contributed by atoms with van der Waals surface area (Å²) in [5, 5.41) is 0. The molecule has 0 aliphatic carbocycles. The summed E-state index contributed by atoms with van der Waals surface area (Å²) in [5.41, 5.74) is 7.19. The predicted molar refractivity (Wildman–Crippen MR) is 64.2 cm³/mol. The van der Waals surface area contributed by atoms with Crippen molar-refractivity contribution in [2.24, 2.45) is 5.73 Å². The molecule has 0 heterocycles. The Morgan fingerprint density at radius 3 is 2.56 bits per heavy atom. The van der Waals surface area contributed by atoms with Gasteiger partial charge in [-0.3, -0.25) is 0 Å². The summed E-state index contributed by atoms with van der Waals surface area (Å²) in [7, 11) is 0. The average Bonchev–Trinajstić information content (AvgIpc) is 2.33. The number of hydrogen-bond donors (Lipinski definition) is 1. The van der Waals surface area contributed by atoms with Gasteiger partial charge in [0, 0.05) is 6.54 Å². The van der Waals surface area contributed by atoms with Gasteiger partial charge in [0.05, 0.1) is 12.9 Å². The summed E-state index contributed by atoms with van der Waals surface area (Å²) < 4.78 is 17.6. The zero-order valence-electron chi connectivity index (χ0n) is 9.58. The standard InChI is InChI=1S/C13H18FNO/c1-2-16-13-7-5-11(6-8-13)3-4-12(9-14)10-15/h5-9H,2-4,10,15H2,1H3/b12-9-. The molecule has 0 amide bonds. The zero-order valence-corrected chi connectivity index (χ0v) is 9.58. The van der Waals surface area contributed by atoms with Crippen LogP contribution in [0.1, 0.15) is 18.9 Å². The third-order valence-corrected chi connectivity index (χ3v) is 2.39. The number of aryl methyl sites for hydroxylation is 1. The van der Waals surface area contributed by atoms with Crippen molar-refractivity contribution in [2.75, 3.05) is 13.2 Å². The molecule has 0 unspecified atom stereocenters. The smallest absolute Gasteiger partial charge is 0.119 e. The highest BCUT2D eigenvalue weighted by atomic mass is 19.1. The lowest BCUT2D eigenvalue weighted by atomic mass is 10.1. The van der Waals surface area contributed by atoms with Crippen LogP contribution in [-0.4, -0.2) is 13.2 Å². The molecule has 0 aliphatic rings. The van der Waals surface area contributed by atoms with E-state index in [1.54, 1.807) is 0 Å². The molecule has 0 bridgehead atoms. The third kappa shape index (κ3) is 4.03. The van der Waals surface area contributed by atoms with Crippen LogP contribution in [0.4, 0.5) is 4.39 Å². The van der Waals surface area contributed by atoms with E-state index in [1.807, 2.05) is 31.2 Å². The number of rotatable bonds is 6. The van der Waals surface area contributed by atoms with Gasteiger partial charge in [-0.15, -0.1) is 0 Å². The van der Waals surface area contributed by atoms with E-state index in [1.165, 1.54) is 0 Å². The van der Waals surface area contributed by atoms with E-state index in [0.717, 1.165) is 17.7 Å². The van der Waals surface area contributed by atoms with E-state index in [0.29, 0.717) is 24.9 Å². The molecule has 0 fully saturated rings. The maximum atomic E-state index is 12.3. The minimum atomic E-state index is 0.285. The maximum Gasteiger partial charge on any atom is 0.119 e. The highest BCUT2D eigenvalue weighted by Gasteiger charge is 1.98. The maximum absolute atomic E-state index is 12.3. The minimum Gasteiger partial charge on any atom is -0.494 e. The number of benzene rings is 1.